The van der Waals surface area contributed by atoms with Crippen LogP contribution >= 0.6 is 24.0 Å². The number of hydrogen-bond acceptors (Lipinski definition) is 3. The van der Waals surface area contributed by atoms with Crippen LogP contribution in [0.5, 0.6) is 0 Å². The van der Waals surface area contributed by atoms with E-state index in [1.165, 1.54) is 6.07 Å². The summed E-state index contributed by atoms with van der Waals surface area (Å²) >= 11 is 5.82. The molecule has 0 atom stereocenters. The number of hydrogen-bond donors (Lipinski definition) is 1. The minimum atomic E-state index is -4.78. The number of piperidine rings is 1. The van der Waals surface area contributed by atoms with Gasteiger partial charge in [-0.3, -0.25) is 0 Å². The van der Waals surface area contributed by atoms with E-state index in [0.717, 1.165) is 29.5 Å². The monoisotopic (exact) mass is 420 g/mol. The Morgan fingerprint density at radius 3 is 2.40 bits per heavy atom. The highest BCUT2D eigenvalue weighted by molar-refractivity contribution is 7.89. The topological polar surface area (TPSA) is 49.4 Å². The lowest BCUT2D eigenvalue weighted by molar-refractivity contribution is -0.139. The molecule has 144 valence electrons. The molecule has 1 heterocycles. The van der Waals surface area contributed by atoms with E-state index in [1.54, 1.807) is 0 Å². The summed E-state index contributed by atoms with van der Waals surface area (Å²) in [6, 6.07) is 3.02. The normalized spacial score (nSPS) is 17.3. The van der Waals surface area contributed by atoms with Gasteiger partial charge in [-0.25, -0.2) is 8.42 Å². The average Bonchev–Trinajstić information content (AvgIpc) is 2.52. The van der Waals surface area contributed by atoms with Crippen molar-refractivity contribution in [3.8, 4) is 0 Å². The average molecular weight is 421 g/mol. The molecule has 0 saturated carbocycles. The first-order chi connectivity index (χ1) is 11.2. The molecule has 1 fully saturated rings. The zero-order chi connectivity index (χ0) is 18.0. The summed E-state index contributed by atoms with van der Waals surface area (Å²) in [5, 5.41) is 2.80. The van der Waals surface area contributed by atoms with E-state index in [9.17, 15) is 21.6 Å². The van der Waals surface area contributed by atoms with E-state index in [0.29, 0.717) is 18.8 Å². The molecule has 0 unspecified atom stereocenters. The summed E-state index contributed by atoms with van der Waals surface area (Å²) in [7, 11) is -4.29. The molecule has 0 amide bonds. The van der Waals surface area contributed by atoms with Crippen LogP contribution < -0.4 is 5.32 Å². The Morgan fingerprint density at radius 2 is 1.88 bits per heavy atom. The number of alkyl halides is 3. The van der Waals surface area contributed by atoms with Crippen LogP contribution in [0.2, 0.25) is 5.02 Å². The predicted octanol–water partition coefficient (Wildman–Crippen LogP) is 3.79. The fourth-order valence-electron chi connectivity index (χ4n) is 2.83. The molecule has 0 aromatic heterocycles. The fourth-order valence-corrected chi connectivity index (χ4v) is 5.02. The maximum absolute atomic E-state index is 13.2. The second-order valence-corrected chi connectivity index (χ2v) is 8.05. The van der Waals surface area contributed by atoms with Crippen LogP contribution in [0.3, 0.4) is 0 Å². The maximum Gasteiger partial charge on any atom is 0.417 e. The van der Waals surface area contributed by atoms with Crippen LogP contribution in [0.25, 0.3) is 0 Å². The highest BCUT2D eigenvalue weighted by Crippen LogP contribution is 2.39. The molecule has 10 heteroatoms. The molecule has 0 radical (unpaired) electrons. The van der Waals surface area contributed by atoms with Crippen molar-refractivity contribution in [2.75, 3.05) is 26.2 Å². The van der Waals surface area contributed by atoms with Gasteiger partial charge in [0.25, 0.3) is 0 Å². The van der Waals surface area contributed by atoms with Crippen molar-refractivity contribution in [3.63, 3.8) is 0 Å². The Morgan fingerprint density at radius 1 is 1.28 bits per heavy atom. The molecule has 4 nitrogen and oxygen atoms in total. The van der Waals surface area contributed by atoms with Gasteiger partial charge in [0.1, 0.15) is 4.90 Å². The van der Waals surface area contributed by atoms with Crippen LogP contribution in [0.1, 0.15) is 25.3 Å². The fraction of sp³-hybridized carbons (Fsp3) is 0.600. The summed E-state index contributed by atoms with van der Waals surface area (Å²) in [5.74, 6) is 0.324. The number of halogens is 5. The van der Waals surface area contributed by atoms with Crippen molar-refractivity contribution in [3.05, 3.63) is 28.8 Å². The minimum Gasteiger partial charge on any atom is -0.317 e. The lowest BCUT2D eigenvalue weighted by Gasteiger charge is -2.32. The van der Waals surface area contributed by atoms with Crippen molar-refractivity contribution in [1.82, 2.24) is 9.62 Å². The molecule has 2 rings (SSSR count). The molecule has 1 saturated heterocycles. The first kappa shape index (κ1) is 22.5. The quantitative estimate of drug-likeness (QED) is 0.787. The third kappa shape index (κ3) is 5.23. The van der Waals surface area contributed by atoms with E-state index in [2.05, 4.69) is 5.32 Å². The molecule has 25 heavy (non-hydrogen) atoms. The molecule has 0 aliphatic carbocycles. The zero-order valence-corrected chi connectivity index (χ0v) is 16.0. The maximum atomic E-state index is 13.2. The molecule has 1 aliphatic rings. The van der Waals surface area contributed by atoms with Crippen LogP contribution in [0.15, 0.2) is 23.1 Å². The summed E-state index contributed by atoms with van der Waals surface area (Å²) < 4.78 is 66.1. The van der Waals surface area contributed by atoms with E-state index in [4.69, 9.17) is 11.6 Å². The number of nitrogens with one attached hydrogen (secondary N) is 1. The molecule has 1 aliphatic heterocycles. The van der Waals surface area contributed by atoms with Crippen LogP contribution in [0, 0.1) is 5.92 Å². The molecule has 0 bridgehead atoms. The summed E-state index contributed by atoms with van der Waals surface area (Å²) in [5.41, 5.74) is -1.22. The zero-order valence-electron chi connectivity index (χ0n) is 13.6. The van der Waals surface area contributed by atoms with Crippen LogP contribution in [-0.2, 0) is 16.2 Å². The number of benzene rings is 1. The van der Waals surface area contributed by atoms with E-state index in [1.807, 2.05) is 6.92 Å². The van der Waals surface area contributed by atoms with Crippen molar-refractivity contribution >= 4 is 34.0 Å². The van der Waals surface area contributed by atoms with Gasteiger partial charge in [-0.1, -0.05) is 24.6 Å². The van der Waals surface area contributed by atoms with E-state index < -0.39 is 31.7 Å². The van der Waals surface area contributed by atoms with E-state index in [-0.39, 0.29) is 25.5 Å². The Kier molecular flexibility index (Phi) is 8.01. The standard InChI is InChI=1S/C15H20ClF3N2O2S.ClH/c1-2-20-10-11-6-8-21(9-7-11)24(22,23)14-12(15(17,18)19)4-3-5-13(14)16;/h3-5,11,20H,2,6-10H2,1H3;1H. The second kappa shape index (κ2) is 8.90. The Labute approximate surface area is 157 Å². The van der Waals surface area contributed by atoms with Gasteiger partial charge in [0, 0.05) is 13.1 Å². The molecule has 0 spiro atoms. The molecule has 1 aromatic carbocycles. The number of rotatable bonds is 5. The van der Waals surface area contributed by atoms with Gasteiger partial charge in [-0.05, 0) is 44.0 Å². The highest BCUT2D eigenvalue weighted by Gasteiger charge is 2.41. The van der Waals surface area contributed by atoms with Crippen LogP contribution in [-0.4, -0.2) is 38.9 Å². The third-order valence-corrected chi connectivity index (χ3v) is 6.55. The predicted molar refractivity (Wildman–Crippen MR) is 93.7 cm³/mol. The highest BCUT2D eigenvalue weighted by atomic mass is 35.5. The minimum absolute atomic E-state index is 0. The lowest BCUT2D eigenvalue weighted by atomic mass is 9.98. The Bertz CT molecular complexity index is 676. The van der Waals surface area contributed by atoms with Gasteiger partial charge in [-0.15, -0.1) is 12.4 Å². The van der Waals surface area contributed by atoms with Crippen molar-refractivity contribution in [2.45, 2.75) is 30.8 Å². The first-order valence-corrected chi connectivity index (χ1v) is 9.56. The second-order valence-electron chi connectivity index (χ2n) is 5.77. The Balaban J connectivity index is 0.00000312. The molecular formula is C15H21Cl2F3N2O2S. The van der Waals surface area contributed by atoms with Gasteiger partial charge in [-0.2, -0.15) is 17.5 Å². The van der Waals surface area contributed by atoms with Gasteiger partial charge < -0.3 is 5.32 Å². The summed E-state index contributed by atoms with van der Waals surface area (Å²) in [4.78, 5) is -0.843. The summed E-state index contributed by atoms with van der Waals surface area (Å²) in [6.07, 6.45) is -3.56. The number of sulfonamides is 1. The lowest BCUT2D eigenvalue weighted by Crippen LogP contribution is -2.41. The first-order valence-electron chi connectivity index (χ1n) is 7.74. The van der Waals surface area contributed by atoms with Gasteiger partial charge >= 0.3 is 6.18 Å². The van der Waals surface area contributed by atoms with Crippen LogP contribution in [0.4, 0.5) is 13.2 Å². The van der Waals surface area contributed by atoms with E-state index >= 15 is 0 Å². The Hall–Kier alpha value is -0.540. The van der Waals surface area contributed by atoms with Gasteiger partial charge in [0.2, 0.25) is 10.0 Å². The third-order valence-electron chi connectivity index (χ3n) is 4.13. The van der Waals surface area contributed by atoms with Crippen molar-refractivity contribution in [1.29, 1.82) is 0 Å². The van der Waals surface area contributed by atoms with Gasteiger partial charge in [0.15, 0.2) is 0 Å². The smallest absolute Gasteiger partial charge is 0.317 e. The van der Waals surface area contributed by atoms with Crippen molar-refractivity contribution < 1.29 is 21.6 Å². The molecular weight excluding hydrogens is 400 g/mol. The van der Waals surface area contributed by atoms with Crippen molar-refractivity contribution in [2.24, 2.45) is 5.92 Å². The summed E-state index contributed by atoms with van der Waals surface area (Å²) in [6.45, 7) is 3.98. The molecule has 1 aromatic rings. The molecule has 1 N–H and O–H groups in total. The van der Waals surface area contributed by atoms with Gasteiger partial charge in [0.05, 0.1) is 10.6 Å². The number of nitrogens with zero attached hydrogens (tertiary/aromatic N) is 1. The SMILES string of the molecule is CCNCC1CCN(S(=O)(=O)c2c(Cl)cccc2C(F)(F)F)CC1.Cl. The largest absolute Gasteiger partial charge is 0.417 e.